The lowest BCUT2D eigenvalue weighted by Crippen LogP contribution is -2.25. The number of hydrogen-bond acceptors (Lipinski definition) is 4. The quantitative estimate of drug-likeness (QED) is 0.723. The van der Waals surface area contributed by atoms with E-state index in [0.29, 0.717) is 24.6 Å². The second-order valence-electron chi connectivity index (χ2n) is 5.23. The van der Waals surface area contributed by atoms with Gasteiger partial charge in [-0.05, 0) is 24.6 Å². The van der Waals surface area contributed by atoms with E-state index in [9.17, 15) is 9.59 Å². The van der Waals surface area contributed by atoms with Crippen molar-refractivity contribution in [2.75, 3.05) is 23.4 Å². The highest BCUT2D eigenvalue weighted by molar-refractivity contribution is 8.00. The van der Waals surface area contributed by atoms with Gasteiger partial charge in [-0.3, -0.25) is 9.59 Å². The lowest BCUT2D eigenvalue weighted by molar-refractivity contribution is -0.118. The second kappa shape index (κ2) is 10.4. The molecule has 2 rings (SSSR count). The molecule has 0 unspecified atom stereocenters. The van der Waals surface area contributed by atoms with Crippen LogP contribution in [-0.4, -0.2) is 29.9 Å². The van der Waals surface area contributed by atoms with Crippen LogP contribution >= 0.6 is 11.8 Å². The Balaban J connectivity index is 1.69. The Bertz CT molecular complexity index is 692. The van der Waals surface area contributed by atoms with Crippen molar-refractivity contribution in [1.82, 2.24) is 5.32 Å². The number of ether oxygens (including phenoxy) is 1. The van der Waals surface area contributed by atoms with Crippen LogP contribution in [0.2, 0.25) is 0 Å². The van der Waals surface area contributed by atoms with Gasteiger partial charge in [0.05, 0.1) is 23.8 Å². The van der Waals surface area contributed by atoms with Crippen LogP contribution < -0.4 is 15.4 Å². The third-order valence-corrected chi connectivity index (χ3v) is 4.19. The van der Waals surface area contributed by atoms with Crippen molar-refractivity contribution < 1.29 is 14.3 Å². The molecule has 132 valence electrons. The zero-order valence-electron chi connectivity index (χ0n) is 14.2. The summed E-state index contributed by atoms with van der Waals surface area (Å²) in [4.78, 5) is 23.8. The van der Waals surface area contributed by atoms with Gasteiger partial charge >= 0.3 is 0 Å². The van der Waals surface area contributed by atoms with Crippen molar-refractivity contribution in [1.29, 1.82) is 0 Å². The monoisotopic (exact) mass is 358 g/mol. The summed E-state index contributed by atoms with van der Waals surface area (Å²) in [5, 5.41) is 5.65. The van der Waals surface area contributed by atoms with Gasteiger partial charge in [0, 0.05) is 6.54 Å². The predicted molar refractivity (Wildman–Crippen MR) is 102 cm³/mol. The normalized spacial score (nSPS) is 10.1. The first-order chi connectivity index (χ1) is 12.2. The average molecular weight is 358 g/mol. The van der Waals surface area contributed by atoms with E-state index in [1.807, 2.05) is 55.5 Å². The molecular weight excluding hydrogens is 336 g/mol. The molecule has 2 amide bonds. The Morgan fingerprint density at radius 1 is 0.960 bits per heavy atom. The third kappa shape index (κ3) is 6.89. The summed E-state index contributed by atoms with van der Waals surface area (Å²) >= 11 is 1.28. The molecule has 0 atom stereocenters. The van der Waals surface area contributed by atoms with Crippen LogP contribution in [0.3, 0.4) is 0 Å². The third-order valence-electron chi connectivity index (χ3n) is 3.26. The molecular formula is C19H22N2O3S. The SMILES string of the molecule is CCOc1ccccc1NC(=O)CSCC(=O)NCc1ccccc1. The minimum absolute atomic E-state index is 0.0867. The molecule has 6 heteroatoms. The topological polar surface area (TPSA) is 67.4 Å². The molecule has 0 heterocycles. The van der Waals surface area contributed by atoms with Gasteiger partial charge in [-0.2, -0.15) is 0 Å². The van der Waals surface area contributed by atoms with Crippen molar-refractivity contribution in [2.45, 2.75) is 13.5 Å². The summed E-state index contributed by atoms with van der Waals surface area (Å²) < 4.78 is 5.47. The van der Waals surface area contributed by atoms with Crippen LogP contribution in [0.1, 0.15) is 12.5 Å². The molecule has 0 bridgehead atoms. The van der Waals surface area contributed by atoms with Crippen molar-refractivity contribution >= 4 is 29.3 Å². The van der Waals surface area contributed by atoms with E-state index in [-0.39, 0.29) is 23.3 Å². The number of carbonyl (C=O) groups is 2. The van der Waals surface area contributed by atoms with E-state index in [4.69, 9.17) is 4.74 Å². The van der Waals surface area contributed by atoms with Gasteiger partial charge in [0.1, 0.15) is 5.75 Å². The number of benzene rings is 2. The first kappa shape index (κ1) is 18.9. The van der Waals surface area contributed by atoms with Gasteiger partial charge in [-0.15, -0.1) is 11.8 Å². The number of rotatable bonds is 9. The molecule has 0 spiro atoms. The molecule has 0 saturated carbocycles. The molecule has 2 aromatic carbocycles. The zero-order valence-corrected chi connectivity index (χ0v) is 15.0. The molecule has 5 nitrogen and oxygen atoms in total. The number of thioether (sulfide) groups is 1. The first-order valence-corrected chi connectivity index (χ1v) is 9.24. The van der Waals surface area contributed by atoms with Gasteiger partial charge in [0.2, 0.25) is 11.8 Å². The number of hydrogen-bond donors (Lipinski definition) is 2. The number of amides is 2. The van der Waals surface area contributed by atoms with E-state index >= 15 is 0 Å². The van der Waals surface area contributed by atoms with Crippen LogP contribution in [-0.2, 0) is 16.1 Å². The smallest absolute Gasteiger partial charge is 0.234 e. The lowest BCUT2D eigenvalue weighted by Gasteiger charge is -2.11. The fraction of sp³-hybridized carbons (Fsp3) is 0.263. The number of anilines is 1. The molecule has 2 N–H and O–H groups in total. The fourth-order valence-electron chi connectivity index (χ4n) is 2.12. The predicted octanol–water partition coefficient (Wildman–Crippen LogP) is 3.07. The van der Waals surface area contributed by atoms with Gasteiger partial charge in [-0.1, -0.05) is 42.5 Å². The molecule has 2 aromatic rings. The Hall–Kier alpha value is -2.47. The molecule has 0 aliphatic heterocycles. The lowest BCUT2D eigenvalue weighted by atomic mass is 10.2. The van der Waals surface area contributed by atoms with E-state index in [1.165, 1.54) is 11.8 Å². The number of para-hydroxylation sites is 2. The Labute approximate surface area is 152 Å². The zero-order chi connectivity index (χ0) is 17.9. The van der Waals surface area contributed by atoms with Crippen LogP contribution in [0, 0.1) is 0 Å². The maximum absolute atomic E-state index is 12.0. The fourth-order valence-corrected chi connectivity index (χ4v) is 2.77. The van der Waals surface area contributed by atoms with E-state index < -0.39 is 0 Å². The maximum Gasteiger partial charge on any atom is 0.234 e. The van der Waals surface area contributed by atoms with Crippen LogP contribution in [0.15, 0.2) is 54.6 Å². The first-order valence-electron chi connectivity index (χ1n) is 8.09. The van der Waals surface area contributed by atoms with Crippen molar-refractivity contribution in [3.8, 4) is 5.75 Å². The highest BCUT2D eigenvalue weighted by Crippen LogP contribution is 2.23. The van der Waals surface area contributed by atoms with Crippen molar-refractivity contribution in [3.05, 3.63) is 60.2 Å². The Morgan fingerprint density at radius 2 is 1.64 bits per heavy atom. The highest BCUT2D eigenvalue weighted by Gasteiger charge is 2.09. The van der Waals surface area contributed by atoms with E-state index in [1.54, 1.807) is 6.07 Å². The molecule has 0 radical (unpaired) electrons. The van der Waals surface area contributed by atoms with Gasteiger partial charge in [0.15, 0.2) is 0 Å². The summed E-state index contributed by atoms with van der Waals surface area (Å²) in [5.74, 6) is 0.848. The summed E-state index contributed by atoms with van der Waals surface area (Å²) in [7, 11) is 0. The van der Waals surface area contributed by atoms with Crippen molar-refractivity contribution in [2.24, 2.45) is 0 Å². The molecule has 0 aromatic heterocycles. The Kier molecular flexibility index (Phi) is 7.85. The summed E-state index contributed by atoms with van der Waals surface area (Å²) in [6.45, 7) is 2.92. The summed E-state index contributed by atoms with van der Waals surface area (Å²) in [5.41, 5.74) is 1.69. The summed E-state index contributed by atoms with van der Waals surface area (Å²) in [6, 6.07) is 17.0. The van der Waals surface area contributed by atoms with Crippen molar-refractivity contribution in [3.63, 3.8) is 0 Å². The Morgan fingerprint density at radius 3 is 2.40 bits per heavy atom. The van der Waals surface area contributed by atoms with E-state index in [0.717, 1.165) is 5.56 Å². The average Bonchev–Trinajstić information content (AvgIpc) is 2.63. The largest absolute Gasteiger partial charge is 0.492 e. The molecule has 0 fully saturated rings. The molecule has 0 saturated heterocycles. The van der Waals surface area contributed by atoms with Crippen LogP contribution in [0.5, 0.6) is 5.75 Å². The van der Waals surface area contributed by atoms with Crippen LogP contribution in [0.4, 0.5) is 5.69 Å². The highest BCUT2D eigenvalue weighted by atomic mass is 32.2. The van der Waals surface area contributed by atoms with Gasteiger partial charge in [0.25, 0.3) is 0 Å². The number of carbonyl (C=O) groups excluding carboxylic acids is 2. The minimum Gasteiger partial charge on any atom is -0.492 e. The summed E-state index contributed by atoms with van der Waals surface area (Å²) in [6.07, 6.45) is 0. The standard InChI is InChI=1S/C19H22N2O3S/c1-2-24-17-11-7-6-10-16(17)21-19(23)14-25-13-18(22)20-12-15-8-4-3-5-9-15/h3-11H,2,12-14H2,1H3,(H,20,22)(H,21,23). The maximum atomic E-state index is 12.0. The van der Waals surface area contributed by atoms with Gasteiger partial charge < -0.3 is 15.4 Å². The van der Waals surface area contributed by atoms with Gasteiger partial charge in [-0.25, -0.2) is 0 Å². The molecule has 0 aliphatic carbocycles. The van der Waals surface area contributed by atoms with Crippen LogP contribution in [0.25, 0.3) is 0 Å². The molecule has 0 aliphatic rings. The second-order valence-corrected chi connectivity index (χ2v) is 6.22. The molecule has 25 heavy (non-hydrogen) atoms. The minimum atomic E-state index is -0.159. The van der Waals surface area contributed by atoms with E-state index in [2.05, 4.69) is 10.6 Å². The number of nitrogens with one attached hydrogen (secondary N) is 2.